The Morgan fingerprint density at radius 3 is 2.44 bits per heavy atom. The van der Waals surface area contributed by atoms with Crippen LogP contribution in [0.15, 0.2) is 76.8 Å². The molecule has 0 aliphatic carbocycles. The number of anilines is 1. The van der Waals surface area contributed by atoms with Crippen molar-refractivity contribution in [2.75, 3.05) is 12.0 Å². The van der Waals surface area contributed by atoms with Crippen molar-refractivity contribution in [1.82, 2.24) is 0 Å². The first-order valence-electron chi connectivity index (χ1n) is 9.79. The van der Waals surface area contributed by atoms with Gasteiger partial charge < -0.3 is 9.84 Å². The minimum absolute atomic E-state index is 0.00210. The highest BCUT2D eigenvalue weighted by Gasteiger charge is 2.47. The van der Waals surface area contributed by atoms with Crippen LogP contribution in [0.5, 0.6) is 5.75 Å². The topological polar surface area (TPSA) is 66.8 Å². The standard InChI is InChI=1S/C25H19BrClNO4/c1-14-6-11-18(13-20(14)26)28-22(16-4-3-5-19(12-16)32-2)21(24(30)25(28)31)23(29)15-7-9-17(27)10-8-15/h3-13,22,29H,1-2H3. The molecule has 0 aromatic heterocycles. The first-order chi connectivity index (χ1) is 15.3. The molecule has 1 heterocycles. The van der Waals surface area contributed by atoms with E-state index < -0.39 is 17.7 Å². The molecule has 162 valence electrons. The number of hydrogen-bond acceptors (Lipinski definition) is 4. The third-order valence-corrected chi connectivity index (χ3v) is 6.51. The monoisotopic (exact) mass is 511 g/mol. The Morgan fingerprint density at radius 1 is 1.06 bits per heavy atom. The number of Topliss-reactive ketones (excluding diaryl/α,β-unsaturated/α-hetero) is 1. The highest BCUT2D eigenvalue weighted by atomic mass is 79.9. The molecule has 1 saturated heterocycles. The number of aliphatic hydroxyl groups is 1. The van der Waals surface area contributed by atoms with Crippen LogP contribution in [0.2, 0.25) is 5.02 Å². The Bertz CT molecular complexity index is 1250. The van der Waals surface area contributed by atoms with Gasteiger partial charge in [0.25, 0.3) is 11.7 Å². The summed E-state index contributed by atoms with van der Waals surface area (Å²) in [5.74, 6) is -1.17. The van der Waals surface area contributed by atoms with Crippen LogP contribution in [0, 0.1) is 6.92 Å². The summed E-state index contributed by atoms with van der Waals surface area (Å²) >= 11 is 9.47. The number of hydrogen-bond donors (Lipinski definition) is 1. The molecular formula is C25H19BrClNO4. The van der Waals surface area contributed by atoms with Gasteiger partial charge in [-0.1, -0.05) is 45.7 Å². The van der Waals surface area contributed by atoms with Gasteiger partial charge in [-0.25, -0.2) is 0 Å². The number of aliphatic hydroxyl groups excluding tert-OH is 1. The number of rotatable bonds is 4. The van der Waals surface area contributed by atoms with E-state index in [2.05, 4.69) is 15.9 Å². The van der Waals surface area contributed by atoms with Crippen LogP contribution in [0.4, 0.5) is 5.69 Å². The van der Waals surface area contributed by atoms with Crippen molar-refractivity contribution in [2.45, 2.75) is 13.0 Å². The fourth-order valence-corrected chi connectivity index (χ4v) is 4.21. The van der Waals surface area contributed by atoms with Gasteiger partial charge in [0.05, 0.1) is 18.7 Å². The van der Waals surface area contributed by atoms with Crippen LogP contribution in [0.3, 0.4) is 0 Å². The zero-order chi connectivity index (χ0) is 23.0. The zero-order valence-electron chi connectivity index (χ0n) is 17.3. The molecule has 1 amide bonds. The van der Waals surface area contributed by atoms with Gasteiger partial charge in [-0.3, -0.25) is 14.5 Å². The highest BCUT2D eigenvalue weighted by molar-refractivity contribution is 9.10. The number of halogens is 2. The van der Waals surface area contributed by atoms with Crippen molar-refractivity contribution in [3.63, 3.8) is 0 Å². The Kier molecular flexibility index (Phi) is 6.09. The molecule has 3 aromatic rings. The van der Waals surface area contributed by atoms with Crippen molar-refractivity contribution < 1.29 is 19.4 Å². The molecule has 1 aliphatic heterocycles. The lowest BCUT2D eigenvalue weighted by Crippen LogP contribution is -2.29. The second-order valence-electron chi connectivity index (χ2n) is 7.39. The number of aryl methyl sites for hydroxylation is 1. The van der Waals surface area contributed by atoms with Gasteiger partial charge >= 0.3 is 0 Å². The highest BCUT2D eigenvalue weighted by Crippen LogP contribution is 2.43. The quantitative estimate of drug-likeness (QED) is 0.263. The number of amides is 1. The first kappa shape index (κ1) is 22.1. The molecule has 0 saturated carbocycles. The number of carbonyl (C=O) groups is 2. The maximum atomic E-state index is 13.2. The van der Waals surface area contributed by atoms with Crippen molar-refractivity contribution in [1.29, 1.82) is 0 Å². The lowest BCUT2D eigenvalue weighted by Gasteiger charge is -2.26. The van der Waals surface area contributed by atoms with E-state index >= 15 is 0 Å². The van der Waals surface area contributed by atoms with Gasteiger partial charge in [0.2, 0.25) is 0 Å². The Balaban J connectivity index is 1.96. The zero-order valence-corrected chi connectivity index (χ0v) is 19.6. The second kappa shape index (κ2) is 8.81. The number of methoxy groups -OCH3 is 1. The summed E-state index contributed by atoms with van der Waals surface area (Å²) in [6, 6.07) is 18.1. The maximum Gasteiger partial charge on any atom is 0.300 e. The van der Waals surface area contributed by atoms with Gasteiger partial charge in [0.15, 0.2) is 0 Å². The van der Waals surface area contributed by atoms with Crippen LogP contribution in [0.1, 0.15) is 22.7 Å². The summed E-state index contributed by atoms with van der Waals surface area (Å²) in [6.45, 7) is 1.93. The van der Waals surface area contributed by atoms with Crippen molar-refractivity contribution in [3.05, 3.63) is 98.5 Å². The SMILES string of the molecule is COc1cccc(C2C(=C(O)c3ccc(Cl)cc3)C(=O)C(=O)N2c2ccc(C)c(Br)c2)c1. The summed E-state index contributed by atoms with van der Waals surface area (Å²) in [7, 11) is 1.54. The fourth-order valence-electron chi connectivity index (χ4n) is 3.72. The normalized spacial score (nSPS) is 17.6. The van der Waals surface area contributed by atoms with Gasteiger partial charge in [-0.15, -0.1) is 0 Å². The lowest BCUT2D eigenvalue weighted by atomic mass is 9.95. The third kappa shape index (κ3) is 3.92. The molecule has 3 aromatic carbocycles. The number of benzene rings is 3. The Hall–Kier alpha value is -3.09. The van der Waals surface area contributed by atoms with E-state index in [-0.39, 0.29) is 11.3 Å². The average Bonchev–Trinajstić information content (AvgIpc) is 3.06. The van der Waals surface area contributed by atoms with Gasteiger partial charge in [-0.05, 0) is 66.6 Å². The number of nitrogens with zero attached hydrogens (tertiary/aromatic N) is 1. The smallest absolute Gasteiger partial charge is 0.300 e. The molecule has 1 fully saturated rings. The molecular weight excluding hydrogens is 494 g/mol. The largest absolute Gasteiger partial charge is 0.507 e. The molecule has 1 atom stereocenters. The van der Waals surface area contributed by atoms with Crippen LogP contribution in [-0.4, -0.2) is 23.9 Å². The van der Waals surface area contributed by atoms with Gasteiger partial charge in [0.1, 0.15) is 11.5 Å². The van der Waals surface area contributed by atoms with E-state index in [1.54, 1.807) is 67.8 Å². The Labute approximate surface area is 199 Å². The van der Waals surface area contributed by atoms with Crippen LogP contribution in [-0.2, 0) is 9.59 Å². The number of ether oxygens (including phenoxy) is 1. The average molecular weight is 513 g/mol. The lowest BCUT2D eigenvalue weighted by molar-refractivity contribution is -0.132. The number of carbonyl (C=O) groups excluding carboxylic acids is 2. The van der Waals surface area contributed by atoms with Crippen molar-refractivity contribution in [2.24, 2.45) is 0 Å². The predicted octanol–water partition coefficient (Wildman–Crippen LogP) is 6.05. The summed E-state index contributed by atoms with van der Waals surface area (Å²) in [4.78, 5) is 27.8. The molecule has 1 N–H and O–H groups in total. The molecule has 1 unspecified atom stereocenters. The van der Waals surface area contributed by atoms with E-state index in [9.17, 15) is 14.7 Å². The Morgan fingerprint density at radius 2 is 1.78 bits per heavy atom. The summed E-state index contributed by atoms with van der Waals surface area (Å²) in [5, 5.41) is 11.6. The summed E-state index contributed by atoms with van der Waals surface area (Å²) in [6.07, 6.45) is 0. The molecule has 0 bridgehead atoms. The van der Waals surface area contributed by atoms with E-state index in [1.807, 2.05) is 13.0 Å². The molecule has 1 aliphatic rings. The van der Waals surface area contributed by atoms with Crippen LogP contribution < -0.4 is 9.64 Å². The second-order valence-corrected chi connectivity index (χ2v) is 8.68. The molecule has 32 heavy (non-hydrogen) atoms. The summed E-state index contributed by atoms with van der Waals surface area (Å²) < 4.78 is 6.15. The molecule has 0 spiro atoms. The fraction of sp³-hybridized carbons (Fsp3) is 0.120. The molecule has 7 heteroatoms. The van der Waals surface area contributed by atoms with Gasteiger partial charge in [-0.2, -0.15) is 0 Å². The maximum absolute atomic E-state index is 13.2. The van der Waals surface area contributed by atoms with E-state index in [0.29, 0.717) is 27.6 Å². The third-order valence-electron chi connectivity index (χ3n) is 5.41. The van der Waals surface area contributed by atoms with Crippen molar-refractivity contribution in [3.8, 4) is 5.75 Å². The van der Waals surface area contributed by atoms with E-state index in [0.717, 1.165) is 10.0 Å². The first-order valence-corrected chi connectivity index (χ1v) is 11.0. The molecule has 4 rings (SSSR count). The van der Waals surface area contributed by atoms with E-state index in [1.165, 1.54) is 4.90 Å². The minimum Gasteiger partial charge on any atom is -0.507 e. The molecule has 5 nitrogen and oxygen atoms in total. The van der Waals surface area contributed by atoms with Crippen molar-refractivity contribution >= 4 is 50.7 Å². The number of ketones is 1. The molecule has 0 radical (unpaired) electrons. The van der Waals surface area contributed by atoms with Crippen LogP contribution >= 0.6 is 27.5 Å². The summed E-state index contributed by atoms with van der Waals surface area (Å²) in [5.41, 5.74) is 2.56. The van der Waals surface area contributed by atoms with Crippen LogP contribution in [0.25, 0.3) is 5.76 Å². The van der Waals surface area contributed by atoms with E-state index in [4.69, 9.17) is 16.3 Å². The van der Waals surface area contributed by atoms with Gasteiger partial charge in [0, 0.05) is 20.7 Å². The minimum atomic E-state index is -0.838. The predicted molar refractivity (Wildman–Crippen MR) is 128 cm³/mol.